The fourth-order valence-electron chi connectivity index (χ4n) is 3.47. The molecule has 134 valence electrons. The molecule has 2 heterocycles. The van der Waals surface area contributed by atoms with Crippen LogP contribution in [0.2, 0.25) is 0 Å². The van der Waals surface area contributed by atoms with Crippen molar-refractivity contribution >= 4 is 17.8 Å². The largest absolute Gasteiger partial charge is 0.351 e. The molecule has 0 bridgehead atoms. The van der Waals surface area contributed by atoms with Crippen LogP contribution in [0, 0.1) is 0 Å². The molecule has 7 heteroatoms. The van der Waals surface area contributed by atoms with Gasteiger partial charge in [-0.3, -0.25) is 19.4 Å². The lowest BCUT2D eigenvalue weighted by Crippen LogP contribution is -2.50. The summed E-state index contributed by atoms with van der Waals surface area (Å²) in [5.41, 5.74) is 0.167. The molecule has 2 aliphatic rings. The average molecular weight is 344 g/mol. The predicted molar refractivity (Wildman–Crippen MR) is 92.6 cm³/mol. The van der Waals surface area contributed by atoms with Crippen LogP contribution >= 0.6 is 0 Å². The number of rotatable bonds is 5. The fourth-order valence-corrected chi connectivity index (χ4v) is 3.47. The lowest BCUT2D eigenvalue weighted by Gasteiger charge is -2.23. The highest BCUT2D eigenvalue weighted by Gasteiger charge is 2.55. The van der Waals surface area contributed by atoms with Crippen LogP contribution in [0.1, 0.15) is 25.8 Å². The Labute approximate surface area is 147 Å². The zero-order valence-corrected chi connectivity index (χ0v) is 14.6. The van der Waals surface area contributed by atoms with E-state index in [2.05, 4.69) is 10.6 Å². The van der Waals surface area contributed by atoms with Crippen molar-refractivity contribution in [2.75, 3.05) is 19.6 Å². The van der Waals surface area contributed by atoms with Crippen LogP contribution < -0.4 is 10.6 Å². The summed E-state index contributed by atoms with van der Waals surface area (Å²) >= 11 is 0. The highest BCUT2D eigenvalue weighted by Crippen LogP contribution is 2.29. The summed E-state index contributed by atoms with van der Waals surface area (Å²) in [6.45, 7) is 5.33. The van der Waals surface area contributed by atoms with Crippen LogP contribution in [0.5, 0.6) is 0 Å². The van der Waals surface area contributed by atoms with Crippen LogP contribution in [0.3, 0.4) is 0 Å². The monoisotopic (exact) mass is 344 g/mol. The molecular weight excluding hydrogens is 320 g/mol. The number of benzene rings is 1. The Kier molecular flexibility index (Phi) is 4.76. The summed E-state index contributed by atoms with van der Waals surface area (Å²) in [6, 6.07) is 9.20. The SMILES string of the molecule is CC(C)N1C(=O)N[C@]2(CCN(CC(=O)NCc3ccccc3)C2)C1=O. The molecule has 3 rings (SSSR count). The molecule has 1 spiro atoms. The molecule has 1 aromatic carbocycles. The first kappa shape index (κ1) is 17.4. The maximum absolute atomic E-state index is 12.6. The minimum Gasteiger partial charge on any atom is -0.351 e. The van der Waals surface area contributed by atoms with Gasteiger partial charge in [-0.15, -0.1) is 0 Å². The van der Waals surface area contributed by atoms with Crippen molar-refractivity contribution in [1.82, 2.24) is 20.4 Å². The number of carbonyl (C=O) groups excluding carboxylic acids is 3. The molecule has 25 heavy (non-hydrogen) atoms. The molecule has 0 unspecified atom stereocenters. The van der Waals surface area contributed by atoms with Crippen LogP contribution in [0.15, 0.2) is 30.3 Å². The third kappa shape index (κ3) is 3.51. The smallest absolute Gasteiger partial charge is 0.325 e. The molecule has 1 aromatic rings. The number of amides is 4. The summed E-state index contributed by atoms with van der Waals surface area (Å²) in [4.78, 5) is 40.1. The lowest BCUT2D eigenvalue weighted by molar-refractivity contribution is -0.132. The molecule has 1 atom stereocenters. The van der Waals surface area contributed by atoms with Crippen LogP contribution in [-0.2, 0) is 16.1 Å². The van der Waals surface area contributed by atoms with Gasteiger partial charge in [0.25, 0.3) is 5.91 Å². The molecule has 2 aliphatic heterocycles. The number of nitrogens with zero attached hydrogens (tertiary/aromatic N) is 2. The maximum Gasteiger partial charge on any atom is 0.325 e. The quantitative estimate of drug-likeness (QED) is 0.771. The van der Waals surface area contributed by atoms with Crippen LogP contribution in [-0.4, -0.2) is 58.9 Å². The van der Waals surface area contributed by atoms with E-state index in [1.165, 1.54) is 4.90 Å². The minimum atomic E-state index is -0.874. The van der Waals surface area contributed by atoms with E-state index >= 15 is 0 Å². The van der Waals surface area contributed by atoms with Gasteiger partial charge >= 0.3 is 6.03 Å². The molecule has 2 N–H and O–H groups in total. The third-order valence-corrected chi connectivity index (χ3v) is 4.76. The fraction of sp³-hybridized carbons (Fsp3) is 0.500. The van der Waals surface area contributed by atoms with Gasteiger partial charge in [-0.2, -0.15) is 0 Å². The van der Waals surface area contributed by atoms with Gasteiger partial charge in [0.2, 0.25) is 5.91 Å². The van der Waals surface area contributed by atoms with Crippen LogP contribution in [0.4, 0.5) is 4.79 Å². The lowest BCUT2D eigenvalue weighted by atomic mass is 9.98. The standard InChI is InChI=1S/C18H24N4O3/c1-13(2)22-16(24)18(20-17(22)25)8-9-21(12-18)11-15(23)19-10-14-6-4-3-5-7-14/h3-7,13H,8-12H2,1-2H3,(H,19,23)(H,20,25)/t18-/m0/s1. The summed E-state index contributed by atoms with van der Waals surface area (Å²) in [5.74, 6) is -0.266. The van der Waals surface area contributed by atoms with Crippen molar-refractivity contribution in [1.29, 1.82) is 0 Å². The Bertz CT molecular complexity index is 676. The van der Waals surface area contributed by atoms with Crippen molar-refractivity contribution < 1.29 is 14.4 Å². The number of hydrogen-bond donors (Lipinski definition) is 2. The van der Waals surface area contributed by atoms with Gasteiger partial charge in [-0.25, -0.2) is 4.79 Å². The normalized spacial score (nSPS) is 23.6. The van der Waals surface area contributed by atoms with E-state index in [1.807, 2.05) is 49.1 Å². The first-order valence-electron chi connectivity index (χ1n) is 8.60. The van der Waals surface area contributed by atoms with Crippen molar-refractivity contribution in [3.63, 3.8) is 0 Å². The molecule has 0 radical (unpaired) electrons. The summed E-state index contributed by atoms with van der Waals surface area (Å²) in [7, 11) is 0. The van der Waals surface area contributed by atoms with Gasteiger partial charge in [0, 0.05) is 25.7 Å². The molecule has 0 aromatic heterocycles. The van der Waals surface area contributed by atoms with E-state index in [0.29, 0.717) is 26.1 Å². The molecular formula is C18H24N4O3. The Hall–Kier alpha value is -2.41. The topological polar surface area (TPSA) is 81.8 Å². The summed E-state index contributed by atoms with van der Waals surface area (Å²) in [5, 5.41) is 5.72. The van der Waals surface area contributed by atoms with E-state index in [0.717, 1.165) is 5.56 Å². The third-order valence-electron chi connectivity index (χ3n) is 4.76. The number of hydrogen-bond acceptors (Lipinski definition) is 4. The van der Waals surface area contributed by atoms with E-state index < -0.39 is 5.54 Å². The zero-order valence-electron chi connectivity index (χ0n) is 14.6. The first-order chi connectivity index (χ1) is 11.9. The highest BCUT2D eigenvalue weighted by molar-refractivity contribution is 6.07. The van der Waals surface area contributed by atoms with Gasteiger partial charge in [0.05, 0.1) is 6.54 Å². The molecule has 0 saturated carbocycles. The molecule has 2 fully saturated rings. The molecule has 7 nitrogen and oxygen atoms in total. The van der Waals surface area contributed by atoms with E-state index in [-0.39, 0.29) is 30.4 Å². The highest BCUT2D eigenvalue weighted by atomic mass is 16.2. The second-order valence-electron chi connectivity index (χ2n) is 7.00. The Balaban J connectivity index is 1.54. The molecule has 0 aliphatic carbocycles. The van der Waals surface area contributed by atoms with Crippen LogP contribution in [0.25, 0.3) is 0 Å². The minimum absolute atomic E-state index is 0.0848. The molecule has 2 saturated heterocycles. The zero-order chi connectivity index (χ0) is 18.0. The van der Waals surface area contributed by atoms with Crippen molar-refractivity contribution in [3.05, 3.63) is 35.9 Å². The number of imide groups is 1. The number of carbonyl (C=O) groups is 3. The maximum atomic E-state index is 12.6. The average Bonchev–Trinajstić information content (AvgIpc) is 3.07. The Morgan fingerprint density at radius 1 is 1.28 bits per heavy atom. The number of urea groups is 1. The predicted octanol–water partition coefficient (Wildman–Crippen LogP) is 0.708. The Morgan fingerprint density at radius 3 is 2.64 bits per heavy atom. The summed E-state index contributed by atoms with van der Waals surface area (Å²) in [6.07, 6.45) is 0.534. The van der Waals surface area contributed by atoms with E-state index in [4.69, 9.17) is 0 Å². The molecule has 4 amide bonds. The van der Waals surface area contributed by atoms with Crippen molar-refractivity contribution in [3.8, 4) is 0 Å². The first-order valence-corrected chi connectivity index (χ1v) is 8.60. The van der Waals surface area contributed by atoms with E-state index in [9.17, 15) is 14.4 Å². The van der Waals surface area contributed by atoms with Gasteiger partial charge in [-0.05, 0) is 25.8 Å². The summed E-state index contributed by atoms with van der Waals surface area (Å²) < 4.78 is 0. The van der Waals surface area contributed by atoms with Gasteiger partial charge in [-0.1, -0.05) is 30.3 Å². The number of likely N-dealkylation sites (tertiary alicyclic amines) is 1. The second-order valence-corrected chi connectivity index (χ2v) is 7.00. The van der Waals surface area contributed by atoms with Gasteiger partial charge in [0.15, 0.2) is 0 Å². The Morgan fingerprint density at radius 2 is 2.00 bits per heavy atom. The van der Waals surface area contributed by atoms with Gasteiger partial charge < -0.3 is 10.6 Å². The van der Waals surface area contributed by atoms with Crippen molar-refractivity contribution in [2.24, 2.45) is 0 Å². The van der Waals surface area contributed by atoms with Gasteiger partial charge in [0.1, 0.15) is 5.54 Å². The van der Waals surface area contributed by atoms with E-state index in [1.54, 1.807) is 0 Å². The number of nitrogens with one attached hydrogen (secondary N) is 2. The second kappa shape index (κ2) is 6.84. The van der Waals surface area contributed by atoms with Crippen molar-refractivity contribution in [2.45, 2.75) is 38.4 Å².